The standard InChI is InChI=1S/C6H17N3.2C3H6O2/c1-5(8)4-9-6(2)3-7;2*1-2-3(4)5/h5-6,9H,3-4,7-8H2,1-2H3;2*2H2,1H3,(H,4,5). The summed E-state index contributed by atoms with van der Waals surface area (Å²) in [7, 11) is 0. The van der Waals surface area contributed by atoms with Crippen LogP contribution in [0.2, 0.25) is 0 Å². The highest BCUT2D eigenvalue weighted by atomic mass is 16.4. The molecule has 2 unspecified atom stereocenters. The monoisotopic (exact) mass is 279 g/mol. The van der Waals surface area contributed by atoms with Crippen LogP contribution in [0, 0.1) is 0 Å². The van der Waals surface area contributed by atoms with Gasteiger partial charge in [0.15, 0.2) is 0 Å². The highest BCUT2D eigenvalue weighted by molar-refractivity contribution is 5.66. The maximum Gasteiger partial charge on any atom is 0.303 e. The summed E-state index contributed by atoms with van der Waals surface area (Å²) in [6.45, 7) is 8.73. The molecule has 0 saturated heterocycles. The molecule has 2 atom stereocenters. The lowest BCUT2D eigenvalue weighted by Gasteiger charge is -2.12. The molecule has 0 aliphatic carbocycles. The zero-order valence-corrected chi connectivity index (χ0v) is 12.3. The number of hydrogen-bond donors (Lipinski definition) is 5. The van der Waals surface area contributed by atoms with Crippen molar-refractivity contribution in [1.29, 1.82) is 0 Å². The SMILES string of the molecule is CC(N)CNC(C)CN.CCC(=O)O.CCC(=O)O. The molecular formula is C12H29N3O4. The fraction of sp³-hybridized carbons (Fsp3) is 0.833. The predicted octanol–water partition coefficient (Wildman–Crippen LogP) is 0.232. The summed E-state index contributed by atoms with van der Waals surface area (Å²) in [6.07, 6.45) is 0.444. The van der Waals surface area contributed by atoms with E-state index in [2.05, 4.69) is 5.32 Å². The molecule has 7 heteroatoms. The smallest absolute Gasteiger partial charge is 0.303 e. The summed E-state index contributed by atoms with van der Waals surface area (Å²) < 4.78 is 0. The Morgan fingerprint density at radius 1 is 1.11 bits per heavy atom. The Hall–Kier alpha value is -1.18. The van der Waals surface area contributed by atoms with Crippen molar-refractivity contribution in [2.24, 2.45) is 11.5 Å². The Morgan fingerprint density at radius 3 is 1.58 bits per heavy atom. The molecule has 0 spiro atoms. The first-order chi connectivity index (χ1) is 8.70. The van der Waals surface area contributed by atoms with Gasteiger partial charge in [0, 0.05) is 38.0 Å². The predicted molar refractivity (Wildman–Crippen MR) is 76.0 cm³/mol. The van der Waals surface area contributed by atoms with E-state index in [0.717, 1.165) is 6.54 Å². The van der Waals surface area contributed by atoms with Gasteiger partial charge in [-0.1, -0.05) is 13.8 Å². The molecule has 0 saturated carbocycles. The van der Waals surface area contributed by atoms with Crippen molar-refractivity contribution in [2.45, 2.75) is 52.6 Å². The van der Waals surface area contributed by atoms with Crippen LogP contribution in [0.1, 0.15) is 40.5 Å². The summed E-state index contributed by atoms with van der Waals surface area (Å²) in [4.78, 5) is 18.7. The minimum atomic E-state index is -0.745. The fourth-order valence-corrected chi connectivity index (χ4v) is 0.470. The first kappa shape index (κ1) is 23.0. The van der Waals surface area contributed by atoms with E-state index in [1.54, 1.807) is 13.8 Å². The average molecular weight is 279 g/mol. The third-order valence-electron chi connectivity index (χ3n) is 1.75. The average Bonchev–Trinajstić information content (AvgIpc) is 2.37. The van der Waals surface area contributed by atoms with E-state index in [-0.39, 0.29) is 18.9 Å². The molecule has 0 radical (unpaired) electrons. The third-order valence-corrected chi connectivity index (χ3v) is 1.75. The maximum atomic E-state index is 9.37. The number of nitrogens with two attached hydrogens (primary N) is 2. The molecule has 0 bridgehead atoms. The molecule has 0 aliphatic rings. The van der Waals surface area contributed by atoms with Crippen LogP contribution in [0.15, 0.2) is 0 Å². The molecule has 0 aromatic heterocycles. The van der Waals surface area contributed by atoms with Crippen LogP contribution in [-0.2, 0) is 9.59 Å². The lowest BCUT2D eigenvalue weighted by Crippen LogP contribution is -2.40. The Labute approximate surface area is 115 Å². The molecular weight excluding hydrogens is 250 g/mol. The van der Waals surface area contributed by atoms with Gasteiger partial charge in [0.25, 0.3) is 0 Å². The summed E-state index contributed by atoms with van der Waals surface area (Å²) >= 11 is 0. The number of aliphatic carboxylic acids is 2. The second-order valence-electron chi connectivity index (χ2n) is 4.02. The van der Waals surface area contributed by atoms with Gasteiger partial charge in [-0.05, 0) is 13.8 Å². The number of rotatable bonds is 6. The highest BCUT2D eigenvalue weighted by Gasteiger charge is 1.97. The molecule has 0 aliphatic heterocycles. The normalized spacial score (nSPS) is 12.1. The quantitative estimate of drug-likeness (QED) is 0.469. The second-order valence-corrected chi connectivity index (χ2v) is 4.02. The van der Waals surface area contributed by atoms with E-state index in [1.165, 1.54) is 0 Å². The summed E-state index contributed by atoms with van der Waals surface area (Å²) in [5.41, 5.74) is 10.8. The van der Waals surface area contributed by atoms with Crippen LogP contribution in [0.3, 0.4) is 0 Å². The van der Waals surface area contributed by atoms with E-state index in [1.807, 2.05) is 13.8 Å². The van der Waals surface area contributed by atoms with Crippen LogP contribution in [-0.4, -0.2) is 47.3 Å². The topological polar surface area (TPSA) is 139 Å². The van der Waals surface area contributed by atoms with Gasteiger partial charge in [0.2, 0.25) is 0 Å². The fourth-order valence-electron chi connectivity index (χ4n) is 0.470. The maximum absolute atomic E-state index is 9.37. The van der Waals surface area contributed by atoms with Gasteiger partial charge in [0.1, 0.15) is 0 Å². The minimum Gasteiger partial charge on any atom is -0.481 e. The zero-order valence-electron chi connectivity index (χ0n) is 12.3. The van der Waals surface area contributed by atoms with Crippen LogP contribution in [0.4, 0.5) is 0 Å². The van der Waals surface area contributed by atoms with Crippen LogP contribution in [0.25, 0.3) is 0 Å². The van der Waals surface area contributed by atoms with E-state index in [4.69, 9.17) is 21.7 Å². The first-order valence-corrected chi connectivity index (χ1v) is 6.33. The number of nitrogens with one attached hydrogen (secondary N) is 1. The molecule has 116 valence electrons. The highest BCUT2D eigenvalue weighted by Crippen LogP contribution is 1.76. The molecule has 0 aromatic carbocycles. The molecule has 19 heavy (non-hydrogen) atoms. The summed E-state index contributed by atoms with van der Waals surface area (Å²) in [5, 5.41) is 18.6. The van der Waals surface area contributed by atoms with Crippen molar-refractivity contribution < 1.29 is 19.8 Å². The van der Waals surface area contributed by atoms with Crippen LogP contribution < -0.4 is 16.8 Å². The Kier molecular flexibility index (Phi) is 20.3. The Bertz CT molecular complexity index is 209. The second kappa shape index (κ2) is 16.8. The lowest BCUT2D eigenvalue weighted by atomic mass is 10.3. The molecule has 7 nitrogen and oxygen atoms in total. The van der Waals surface area contributed by atoms with E-state index >= 15 is 0 Å². The third kappa shape index (κ3) is 38.3. The van der Waals surface area contributed by atoms with Crippen molar-refractivity contribution >= 4 is 11.9 Å². The summed E-state index contributed by atoms with van der Waals surface area (Å²) in [5.74, 6) is -1.49. The molecule has 0 aromatic rings. The minimum absolute atomic E-state index is 0.221. The van der Waals surface area contributed by atoms with Crippen molar-refractivity contribution in [3.05, 3.63) is 0 Å². The molecule has 0 heterocycles. The van der Waals surface area contributed by atoms with Gasteiger partial charge in [-0.3, -0.25) is 9.59 Å². The molecule has 0 rings (SSSR count). The van der Waals surface area contributed by atoms with E-state index < -0.39 is 11.9 Å². The van der Waals surface area contributed by atoms with E-state index in [0.29, 0.717) is 12.6 Å². The van der Waals surface area contributed by atoms with Gasteiger partial charge in [-0.2, -0.15) is 0 Å². The summed E-state index contributed by atoms with van der Waals surface area (Å²) in [6, 6.07) is 0.606. The zero-order chi connectivity index (χ0) is 15.8. The molecule has 0 fully saturated rings. The van der Waals surface area contributed by atoms with Crippen LogP contribution in [0.5, 0.6) is 0 Å². The number of carbonyl (C=O) groups is 2. The van der Waals surface area contributed by atoms with E-state index in [9.17, 15) is 9.59 Å². The van der Waals surface area contributed by atoms with Crippen molar-refractivity contribution in [3.8, 4) is 0 Å². The number of carboxylic acids is 2. The van der Waals surface area contributed by atoms with Crippen molar-refractivity contribution in [1.82, 2.24) is 5.32 Å². The Balaban J connectivity index is -0.000000219. The van der Waals surface area contributed by atoms with Crippen molar-refractivity contribution in [2.75, 3.05) is 13.1 Å². The van der Waals surface area contributed by atoms with Crippen molar-refractivity contribution in [3.63, 3.8) is 0 Å². The first-order valence-electron chi connectivity index (χ1n) is 6.33. The van der Waals surface area contributed by atoms with Gasteiger partial charge in [-0.15, -0.1) is 0 Å². The lowest BCUT2D eigenvalue weighted by molar-refractivity contribution is -0.137. The largest absolute Gasteiger partial charge is 0.481 e. The van der Waals surface area contributed by atoms with Crippen LogP contribution >= 0.6 is 0 Å². The van der Waals surface area contributed by atoms with Gasteiger partial charge >= 0.3 is 11.9 Å². The molecule has 7 N–H and O–H groups in total. The Morgan fingerprint density at radius 2 is 1.42 bits per heavy atom. The van der Waals surface area contributed by atoms with Gasteiger partial charge < -0.3 is 27.0 Å². The molecule has 0 amide bonds. The number of carboxylic acid groups (broad SMARTS) is 2. The van der Waals surface area contributed by atoms with Gasteiger partial charge in [-0.25, -0.2) is 0 Å². The number of hydrogen-bond acceptors (Lipinski definition) is 5. The van der Waals surface area contributed by atoms with Gasteiger partial charge in [0.05, 0.1) is 0 Å².